The number of thioether (sulfide) groups is 1. The Morgan fingerprint density at radius 2 is 2.03 bits per heavy atom. The first-order valence-electron chi connectivity index (χ1n) is 10.5. The molecule has 3 rings (SSSR count). The summed E-state index contributed by atoms with van der Waals surface area (Å²) in [6.45, 7) is 7.09. The molecular formula is C23H26N4O4S. The lowest BCUT2D eigenvalue weighted by Crippen LogP contribution is -2.26. The third-order valence-electron chi connectivity index (χ3n) is 4.76. The highest BCUT2D eigenvalue weighted by atomic mass is 32.2. The molecule has 0 fully saturated rings. The zero-order valence-electron chi connectivity index (χ0n) is 18.3. The van der Waals surface area contributed by atoms with E-state index in [9.17, 15) is 19.7 Å². The van der Waals surface area contributed by atoms with Gasteiger partial charge in [-0.2, -0.15) is 0 Å². The van der Waals surface area contributed by atoms with Crippen LogP contribution in [-0.2, 0) is 12.3 Å². The lowest BCUT2D eigenvalue weighted by molar-refractivity contribution is -0.384. The second kappa shape index (κ2) is 10.4. The van der Waals surface area contributed by atoms with E-state index in [1.807, 2.05) is 26.8 Å². The highest BCUT2D eigenvalue weighted by molar-refractivity contribution is 7.98. The van der Waals surface area contributed by atoms with Gasteiger partial charge in [0.15, 0.2) is 5.16 Å². The van der Waals surface area contributed by atoms with Crippen molar-refractivity contribution in [1.29, 1.82) is 0 Å². The van der Waals surface area contributed by atoms with Crippen molar-refractivity contribution in [1.82, 2.24) is 14.9 Å². The average molecular weight is 455 g/mol. The monoisotopic (exact) mass is 454 g/mol. The minimum Gasteiger partial charge on any atom is -0.352 e. The molecule has 2 aromatic carbocycles. The van der Waals surface area contributed by atoms with Gasteiger partial charge in [-0.1, -0.05) is 44.7 Å². The molecule has 0 spiro atoms. The number of hydrogen-bond acceptors (Lipinski definition) is 6. The predicted molar refractivity (Wildman–Crippen MR) is 126 cm³/mol. The molecule has 0 atom stereocenters. The fourth-order valence-corrected chi connectivity index (χ4v) is 4.18. The van der Waals surface area contributed by atoms with Crippen LogP contribution in [0.15, 0.2) is 52.4 Å². The van der Waals surface area contributed by atoms with Gasteiger partial charge in [-0.05, 0) is 36.1 Å². The molecule has 0 aliphatic rings. The van der Waals surface area contributed by atoms with Gasteiger partial charge in [0.2, 0.25) is 0 Å². The molecule has 0 bridgehead atoms. The zero-order chi connectivity index (χ0) is 23.3. The first-order valence-corrected chi connectivity index (χ1v) is 11.5. The summed E-state index contributed by atoms with van der Waals surface area (Å²) >= 11 is 1.35. The van der Waals surface area contributed by atoms with E-state index in [1.165, 1.54) is 23.9 Å². The van der Waals surface area contributed by atoms with Crippen LogP contribution in [0.1, 0.15) is 43.1 Å². The Morgan fingerprint density at radius 3 is 2.72 bits per heavy atom. The highest BCUT2D eigenvalue weighted by Crippen LogP contribution is 2.25. The molecule has 168 valence electrons. The molecule has 0 saturated heterocycles. The molecule has 32 heavy (non-hydrogen) atoms. The molecule has 1 N–H and O–H groups in total. The number of hydrogen-bond donors (Lipinski definition) is 1. The van der Waals surface area contributed by atoms with Gasteiger partial charge in [0, 0.05) is 36.5 Å². The van der Waals surface area contributed by atoms with Crippen molar-refractivity contribution in [2.24, 2.45) is 5.92 Å². The summed E-state index contributed by atoms with van der Waals surface area (Å²) in [5.41, 5.74) is 1.54. The van der Waals surface area contributed by atoms with Gasteiger partial charge in [-0.3, -0.25) is 24.3 Å². The minimum atomic E-state index is -0.428. The maximum absolute atomic E-state index is 13.2. The van der Waals surface area contributed by atoms with Crippen LogP contribution in [0, 0.1) is 16.0 Å². The van der Waals surface area contributed by atoms with E-state index in [0.717, 1.165) is 12.0 Å². The zero-order valence-corrected chi connectivity index (χ0v) is 19.1. The Hall–Kier alpha value is -3.20. The van der Waals surface area contributed by atoms with E-state index in [1.54, 1.807) is 28.8 Å². The van der Waals surface area contributed by atoms with Crippen LogP contribution in [-0.4, -0.2) is 26.9 Å². The Labute approximate surface area is 190 Å². The number of aromatic nitrogens is 2. The van der Waals surface area contributed by atoms with Crippen LogP contribution in [0.3, 0.4) is 0 Å². The number of nitrogens with one attached hydrogen (secondary N) is 1. The Morgan fingerprint density at radius 1 is 1.25 bits per heavy atom. The van der Waals surface area contributed by atoms with Gasteiger partial charge >= 0.3 is 0 Å². The normalized spacial score (nSPS) is 11.1. The molecule has 9 heteroatoms. The van der Waals surface area contributed by atoms with E-state index in [-0.39, 0.29) is 23.1 Å². The molecule has 3 aromatic rings. The van der Waals surface area contributed by atoms with Gasteiger partial charge in [-0.25, -0.2) is 4.98 Å². The van der Waals surface area contributed by atoms with Crippen molar-refractivity contribution in [2.45, 2.75) is 44.6 Å². The molecule has 1 heterocycles. The molecule has 1 aromatic heterocycles. The summed E-state index contributed by atoms with van der Waals surface area (Å²) in [6, 6.07) is 11.4. The van der Waals surface area contributed by atoms with E-state index in [2.05, 4.69) is 5.32 Å². The van der Waals surface area contributed by atoms with Gasteiger partial charge in [0.1, 0.15) is 0 Å². The van der Waals surface area contributed by atoms with Crippen molar-refractivity contribution < 1.29 is 9.72 Å². The van der Waals surface area contributed by atoms with Gasteiger partial charge in [-0.15, -0.1) is 0 Å². The van der Waals surface area contributed by atoms with Crippen LogP contribution < -0.4 is 10.9 Å². The second-order valence-corrected chi connectivity index (χ2v) is 8.85. The molecular weight excluding hydrogens is 428 g/mol. The molecule has 8 nitrogen and oxygen atoms in total. The summed E-state index contributed by atoms with van der Waals surface area (Å²) in [6.07, 6.45) is 0.829. The number of rotatable bonds is 9. The third-order valence-corrected chi connectivity index (χ3v) is 5.80. The Kier molecular flexibility index (Phi) is 7.63. The van der Waals surface area contributed by atoms with Gasteiger partial charge in [0.05, 0.1) is 15.8 Å². The lowest BCUT2D eigenvalue weighted by Gasteiger charge is -2.15. The summed E-state index contributed by atoms with van der Waals surface area (Å²) in [5.74, 6) is 0.449. The molecule has 0 saturated carbocycles. The van der Waals surface area contributed by atoms with Gasteiger partial charge in [0.25, 0.3) is 17.2 Å². The fraction of sp³-hybridized carbons (Fsp3) is 0.348. The van der Waals surface area contributed by atoms with Crippen molar-refractivity contribution in [2.75, 3.05) is 6.54 Å². The number of non-ortho nitro benzene ring substituents is 1. The largest absolute Gasteiger partial charge is 0.352 e. The summed E-state index contributed by atoms with van der Waals surface area (Å²) < 4.78 is 1.64. The number of nitrogens with zero attached hydrogens (tertiary/aromatic N) is 3. The van der Waals surface area contributed by atoms with Crippen molar-refractivity contribution in [3.8, 4) is 0 Å². The first kappa shape index (κ1) is 23.5. The SMILES string of the molecule is CCCNC(=O)c1ccc2c(=O)n(CC(C)C)c(SCc3cccc([N+](=O)[O-])c3)nc2c1. The fourth-order valence-electron chi connectivity index (χ4n) is 3.23. The van der Waals surface area contributed by atoms with Crippen LogP contribution in [0.25, 0.3) is 10.9 Å². The number of nitro benzene ring substituents is 1. The summed E-state index contributed by atoms with van der Waals surface area (Å²) in [7, 11) is 0. The van der Waals surface area contributed by atoms with Crippen molar-refractivity contribution >= 4 is 34.3 Å². The third kappa shape index (κ3) is 5.53. The Bertz CT molecular complexity index is 1210. The van der Waals surface area contributed by atoms with Crippen molar-refractivity contribution in [3.05, 3.63) is 74.1 Å². The summed E-state index contributed by atoms with van der Waals surface area (Å²) in [4.78, 5) is 40.9. The summed E-state index contributed by atoms with van der Waals surface area (Å²) in [5, 5.41) is 14.9. The predicted octanol–water partition coefficient (Wildman–Crippen LogP) is 4.39. The average Bonchev–Trinajstić information content (AvgIpc) is 2.77. The number of fused-ring (bicyclic) bond motifs is 1. The van der Waals surface area contributed by atoms with Crippen LogP contribution in [0.5, 0.6) is 0 Å². The van der Waals surface area contributed by atoms with E-state index in [0.29, 0.717) is 40.5 Å². The molecule has 0 aliphatic carbocycles. The smallest absolute Gasteiger partial charge is 0.269 e. The molecule has 0 aliphatic heterocycles. The van der Waals surface area contributed by atoms with Crippen molar-refractivity contribution in [3.63, 3.8) is 0 Å². The van der Waals surface area contributed by atoms with Crippen LogP contribution >= 0.6 is 11.8 Å². The topological polar surface area (TPSA) is 107 Å². The number of amides is 1. The standard InChI is InChI=1S/C23H26N4O4S/c1-4-10-24-21(28)17-8-9-19-20(12-17)25-23(26(22(19)29)13-15(2)3)32-14-16-6-5-7-18(11-16)27(30)31/h5-9,11-12,15H,4,10,13-14H2,1-3H3,(H,24,28). The van der Waals surface area contributed by atoms with Crippen LogP contribution in [0.2, 0.25) is 0 Å². The van der Waals surface area contributed by atoms with Crippen LogP contribution in [0.4, 0.5) is 5.69 Å². The maximum Gasteiger partial charge on any atom is 0.269 e. The molecule has 0 unspecified atom stereocenters. The number of carbonyl (C=O) groups excluding carboxylic acids is 1. The highest BCUT2D eigenvalue weighted by Gasteiger charge is 2.16. The first-order chi connectivity index (χ1) is 15.3. The lowest BCUT2D eigenvalue weighted by atomic mass is 10.1. The Balaban J connectivity index is 1.99. The molecule has 0 radical (unpaired) electrons. The number of carbonyl (C=O) groups is 1. The number of nitro groups is 1. The maximum atomic E-state index is 13.2. The van der Waals surface area contributed by atoms with E-state index >= 15 is 0 Å². The van der Waals surface area contributed by atoms with Gasteiger partial charge < -0.3 is 5.32 Å². The number of benzene rings is 2. The molecule has 1 amide bonds. The van der Waals surface area contributed by atoms with E-state index < -0.39 is 4.92 Å². The minimum absolute atomic E-state index is 0.0249. The quantitative estimate of drug-likeness (QED) is 0.222. The second-order valence-electron chi connectivity index (χ2n) is 7.91. The van der Waals surface area contributed by atoms with E-state index in [4.69, 9.17) is 4.98 Å².